The Balaban J connectivity index is 1.97. The molecule has 0 aromatic heterocycles. The highest BCUT2D eigenvalue weighted by atomic mass is 16.2. The SMILES string of the molecule is CCN(CC)C(C(=O)NCC(C)N1CCC(C)CC1)c1ccccc1. The fraction of sp³-hybridized carbons (Fsp3) is 0.667. The van der Waals surface area contributed by atoms with Crippen LogP contribution in [-0.4, -0.2) is 54.5 Å². The van der Waals surface area contributed by atoms with E-state index in [1.165, 1.54) is 12.8 Å². The molecule has 25 heavy (non-hydrogen) atoms. The normalized spacial score (nSPS) is 18.9. The van der Waals surface area contributed by atoms with Crippen molar-refractivity contribution in [2.75, 3.05) is 32.7 Å². The molecular formula is C21H35N3O. The van der Waals surface area contributed by atoms with E-state index >= 15 is 0 Å². The molecular weight excluding hydrogens is 310 g/mol. The molecule has 1 amide bonds. The number of amides is 1. The van der Waals surface area contributed by atoms with Crippen molar-refractivity contribution >= 4 is 5.91 Å². The predicted molar refractivity (Wildman–Crippen MR) is 105 cm³/mol. The van der Waals surface area contributed by atoms with E-state index in [4.69, 9.17) is 0 Å². The topological polar surface area (TPSA) is 35.6 Å². The molecule has 0 bridgehead atoms. The van der Waals surface area contributed by atoms with Gasteiger partial charge in [0.15, 0.2) is 0 Å². The highest BCUT2D eigenvalue weighted by molar-refractivity contribution is 5.83. The number of nitrogens with one attached hydrogen (secondary N) is 1. The third kappa shape index (κ3) is 5.55. The smallest absolute Gasteiger partial charge is 0.242 e. The molecule has 1 aliphatic rings. The lowest BCUT2D eigenvalue weighted by atomic mass is 9.98. The highest BCUT2D eigenvalue weighted by Crippen LogP contribution is 2.21. The van der Waals surface area contributed by atoms with Crippen LogP contribution in [0.1, 0.15) is 52.1 Å². The number of hydrogen-bond acceptors (Lipinski definition) is 3. The summed E-state index contributed by atoms with van der Waals surface area (Å²) in [4.78, 5) is 17.7. The van der Waals surface area contributed by atoms with Crippen LogP contribution in [-0.2, 0) is 4.79 Å². The first-order valence-electron chi connectivity index (χ1n) is 9.87. The molecule has 1 aromatic rings. The maximum absolute atomic E-state index is 13.0. The van der Waals surface area contributed by atoms with E-state index in [-0.39, 0.29) is 11.9 Å². The van der Waals surface area contributed by atoms with Gasteiger partial charge in [-0.05, 0) is 57.4 Å². The van der Waals surface area contributed by atoms with Gasteiger partial charge in [-0.15, -0.1) is 0 Å². The molecule has 0 spiro atoms. The third-order valence-electron chi connectivity index (χ3n) is 5.55. The summed E-state index contributed by atoms with van der Waals surface area (Å²) >= 11 is 0. The van der Waals surface area contributed by atoms with Gasteiger partial charge in [0.1, 0.15) is 6.04 Å². The monoisotopic (exact) mass is 345 g/mol. The Morgan fingerprint density at radius 1 is 1.20 bits per heavy atom. The molecule has 0 radical (unpaired) electrons. The Kier molecular flexibility index (Phi) is 7.91. The second-order valence-corrected chi connectivity index (χ2v) is 7.35. The number of piperidine rings is 1. The number of carbonyl (C=O) groups is 1. The van der Waals surface area contributed by atoms with E-state index in [0.29, 0.717) is 6.04 Å². The lowest BCUT2D eigenvalue weighted by molar-refractivity contribution is -0.126. The van der Waals surface area contributed by atoms with Crippen molar-refractivity contribution in [3.8, 4) is 0 Å². The summed E-state index contributed by atoms with van der Waals surface area (Å²) in [5.41, 5.74) is 1.07. The predicted octanol–water partition coefficient (Wildman–Crippen LogP) is 3.31. The number of carbonyl (C=O) groups excluding carboxylic acids is 1. The van der Waals surface area contributed by atoms with Gasteiger partial charge in [-0.2, -0.15) is 0 Å². The van der Waals surface area contributed by atoms with Gasteiger partial charge in [0.25, 0.3) is 0 Å². The summed E-state index contributed by atoms with van der Waals surface area (Å²) < 4.78 is 0. The average Bonchev–Trinajstić information content (AvgIpc) is 2.65. The largest absolute Gasteiger partial charge is 0.353 e. The Morgan fingerprint density at radius 3 is 2.36 bits per heavy atom. The zero-order valence-electron chi connectivity index (χ0n) is 16.4. The van der Waals surface area contributed by atoms with Crippen molar-refractivity contribution in [3.63, 3.8) is 0 Å². The maximum Gasteiger partial charge on any atom is 0.242 e. The summed E-state index contributed by atoms with van der Waals surface area (Å²) in [5, 5.41) is 3.22. The van der Waals surface area contributed by atoms with Gasteiger partial charge in [-0.3, -0.25) is 14.6 Å². The van der Waals surface area contributed by atoms with Crippen molar-refractivity contribution in [3.05, 3.63) is 35.9 Å². The molecule has 2 atom stereocenters. The molecule has 2 unspecified atom stereocenters. The lowest BCUT2D eigenvalue weighted by Crippen LogP contribution is -2.48. The van der Waals surface area contributed by atoms with Crippen molar-refractivity contribution in [1.82, 2.24) is 15.1 Å². The standard InChI is InChI=1S/C21H35N3O/c1-5-23(6-2)20(19-10-8-7-9-11-19)21(25)22-16-18(4)24-14-12-17(3)13-15-24/h7-11,17-18,20H,5-6,12-16H2,1-4H3,(H,22,25). The molecule has 4 heteroatoms. The first kappa shape index (κ1) is 19.9. The van der Waals surface area contributed by atoms with Crippen LogP contribution in [0.3, 0.4) is 0 Å². The Labute approximate surface area is 153 Å². The van der Waals surface area contributed by atoms with Gasteiger partial charge >= 0.3 is 0 Å². The fourth-order valence-electron chi connectivity index (χ4n) is 3.70. The number of likely N-dealkylation sites (tertiary alicyclic amines) is 1. The van der Waals surface area contributed by atoms with E-state index in [9.17, 15) is 4.79 Å². The molecule has 1 fully saturated rings. The van der Waals surface area contributed by atoms with Crippen LogP contribution in [0.4, 0.5) is 0 Å². The third-order valence-corrected chi connectivity index (χ3v) is 5.55. The molecule has 1 aromatic carbocycles. The number of benzene rings is 1. The molecule has 1 aliphatic heterocycles. The maximum atomic E-state index is 13.0. The fourth-order valence-corrected chi connectivity index (χ4v) is 3.70. The minimum Gasteiger partial charge on any atom is -0.353 e. The molecule has 2 rings (SSSR count). The first-order valence-corrected chi connectivity index (χ1v) is 9.87. The highest BCUT2D eigenvalue weighted by Gasteiger charge is 2.27. The Bertz CT molecular complexity index is 507. The number of likely N-dealkylation sites (N-methyl/N-ethyl adjacent to an activating group) is 1. The van der Waals surface area contributed by atoms with Crippen molar-refractivity contribution in [2.45, 2.75) is 52.6 Å². The van der Waals surface area contributed by atoms with Gasteiger partial charge in [0, 0.05) is 12.6 Å². The Morgan fingerprint density at radius 2 is 1.80 bits per heavy atom. The minimum absolute atomic E-state index is 0.118. The van der Waals surface area contributed by atoms with Gasteiger partial charge in [-0.1, -0.05) is 51.1 Å². The average molecular weight is 346 g/mol. The van der Waals surface area contributed by atoms with Crippen molar-refractivity contribution in [1.29, 1.82) is 0 Å². The van der Waals surface area contributed by atoms with Crippen LogP contribution >= 0.6 is 0 Å². The molecule has 0 aliphatic carbocycles. The quantitative estimate of drug-likeness (QED) is 0.785. The first-order chi connectivity index (χ1) is 12.1. The van der Waals surface area contributed by atoms with Crippen LogP contribution in [0, 0.1) is 5.92 Å². The zero-order valence-corrected chi connectivity index (χ0v) is 16.4. The number of nitrogens with zero attached hydrogens (tertiary/aromatic N) is 2. The molecule has 140 valence electrons. The summed E-state index contributed by atoms with van der Waals surface area (Å²) in [6.45, 7) is 13.5. The second kappa shape index (κ2) is 9.93. The second-order valence-electron chi connectivity index (χ2n) is 7.35. The molecule has 1 N–H and O–H groups in total. The van der Waals surface area contributed by atoms with Crippen LogP contribution in [0.25, 0.3) is 0 Å². The van der Waals surface area contributed by atoms with Crippen LogP contribution < -0.4 is 5.32 Å². The number of rotatable bonds is 8. The lowest BCUT2D eigenvalue weighted by Gasteiger charge is -2.35. The van der Waals surface area contributed by atoms with Gasteiger partial charge in [-0.25, -0.2) is 0 Å². The zero-order chi connectivity index (χ0) is 18.2. The van der Waals surface area contributed by atoms with Crippen LogP contribution in [0.5, 0.6) is 0 Å². The van der Waals surface area contributed by atoms with Crippen LogP contribution in [0.2, 0.25) is 0 Å². The van der Waals surface area contributed by atoms with Crippen molar-refractivity contribution < 1.29 is 4.79 Å². The Hall–Kier alpha value is -1.39. The summed E-state index contributed by atoms with van der Waals surface area (Å²) in [7, 11) is 0. The molecule has 1 saturated heterocycles. The summed E-state index contributed by atoms with van der Waals surface area (Å²) in [5.74, 6) is 0.954. The molecule has 4 nitrogen and oxygen atoms in total. The van der Waals surface area contributed by atoms with Crippen LogP contribution in [0.15, 0.2) is 30.3 Å². The minimum atomic E-state index is -0.204. The van der Waals surface area contributed by atoms with Gasteiger partial charge < -0.3 is 5.32 Å². The number of hydrogen-bond donors (Lipinski definition) is 1. The summed E-state index contributed by atoms with van der Waals surface area (Å²) in [6, 6.07) is 10.3. The van der Waals surface area contributed by atoms with E-state index in [1.54, 1.807) is 0 Å². The van der Waals surface area contributed by atoms with Gasteiger partial charge in [0.05, 0.1) is 0 Å². The molecule has 0 saturated carbocycles. The van der Waals surface area contributed by atoms with E-state index in [2.05, 4.69) is 54.9 Å². The van der Waals surface area contributed by atoms with E-state index in [0.717, 1.165) is 44.2 Å². The van der Waals surface area contributed by atoms with E-state index < -0.39 is 0 Å². The van der Waals surface area contributed by atoms with Crippen molar-refractivity contribution in [2.24, 2.45) is 5.92 Å². The van der Waals surface area contributed by atoms with Gasteiger partial charge in [0.2, 0.25) is 5.91 Å². The van der Waals surface area contributed by atoms with E-state index in [1.807, 2.05) is 18.2 Å². The summed E-state index contributed by atoms with van der Waals surface area (Å²) in [6.07, 6.45) is 2.54. The molecule has 1 heterocycles.